The van der Waals surface area contributed by atoms with E-state index in [1.807, 2.05) is 10.8 Å². The van der Waals surface area contributed by atoms with Crippen LogP contribution in [0.3, 0.4) is 0 Å². The average molecular weight is 195 g/mol. The fourth-order valence-corrected chi connectivity index (χ4v) is 1.66. The molecule has 14 heavy (non-hydrogen) atoms. The second-order valence-corrected chi connectivity index (χ2v) is 3.64. The van der Waals surface area contributed by atoms with Crippen molar-refractivity contribution in [2.24, 2.45) is 5.92 Å². The van der Waals surface area contributed by atoms with Crippen molar-refractivity contribution in [2.45, 2.75) is 13.0 Å². The number of rotatable bonds is 3. The molecule has 0 aliphatic carbocycles. The van der Waals surface area contributed by atoms with E-state index >= 15 is 0 Å². The van der Waals surface area contributed by atoms with Gasteiger partial charge in [0, 0.05) is 32.0 Å². The van der Waals surface area contributed by atoms with E-state index in [0.717, 1.165) is 13.0 Å². The van der Waals surface area contributed by atoms with Gasteiger partial charge in [0.1, 0.15) is 0 Å². The van der Waals surface area contributed by atoms with Crippen LogP contribution in [0, 0.1) is 5.92 Å². The van der Waals surface area contributed by atoms with Crippen molar-refractivity contribution in [3.8, 4) is 0 Å². The van der Waals surface area contributed by atoms with Gasteiger partial charge in [0.25, 0.3) is 0 Å². The topological polar surface area (TPSA) is 58.4 Å². The molecule has 2 heterocycles. The van der Waals surface area contributed by atoms with E-state index in [-0.39, 0.29) is 0 Å². The van der Waals surface area contributed by atoms with Crippen molar-refractivity contribution in [2.75, 3.05) is 13.1 Å². The summed E-state index contributed by atoms with van der Waals surface area (Å²) in [5, 5.41) is 8.61. The molecule has 1 aromatic rings. The zero-order valence-corrected chi connectivity index (χ0v) is 7.83. The van der Waals surface area contributed by atoms with E-state index in [1.54, 1.807) is 12.5 Å². The quantitative estimate of drug-likeness (QED) is 0.779. The van der Waals surface area contributed by atoms with Crippen molar-refractivity contribution >= 4 is 6.09 Å². The van der Waals surface area contributed by atoms with Crippen LogP contribution in [-0.2, 0) is 6.54 Å². The minimum Gasteiger partial charge on any atom is -0.465 e. The highest BCUT2D eigenvalue weighted by molar-refractivity contribution is 5.65. The molecule has 0 aromatic carbocycles. The molecule has 0 spiro atoms. The Bertz CT molecular complexity index is 304. The van der Waals surface area contributed by atoms with E-state index in [4.69, 9.17) is 5.11 Å². The summed E-state index contributed by atoms with van der Waals surface area (Å²) >= 11 is 0. The van der Waals surface area contributed by atoms with Gasteiger partial charge in [-0.15, -0.1) is 0 Å². The highest BCUT2D eigenvalue weighted by Crippen LogP contribution is 2.19. The molecule has 1 saturated heterocycles. The van der Waals surface area contributed by atoms with E-state index in [1.165, 1.54) is 4.90 Å². The Balaban J connectivity index is 1.68. The molecule has 76 valence electrons. The Hall–Kier alpha value is -1.52. The molecule has 1 N–H and O–H groups in total. The van der Waals surface area contributed by atoms with E-state index in [0.29, 0.717) is 19.0 Å². The van der Waals surface area contributed by atoms with Crippen molar-refractivity contribution in [3.05, 3.63) is 18.7 Å². The van der Waals surface area contributed by atoms with Gasteiger partial charge in [0.15, 0.2) is 0 Å². The molecule has 2 rings (SSSR count). The number of likely N-dealkylation sites (tertiary alicyclic amines) is 1. The van der Waals surface area contributed by atoms with Gasteiger partial charge in [0.05, 0.1) is 6.33 Å². The molecule has 1 aromatic heterocycles. The van der Waals surface area contributed by atoms with E-state index in [9.17, 15) is 4.79 Å². The first-order chi connectivity index (χ1) is 6.75. The number of aryl methyl sites for hydroxylation is 1. The SMILES string of the molecule is O=C(O)N1CC(CCn2ccnc2)C1. The highest BCUT2D eigenvalue weighted by atomic mass is 16.4. The van der Waals surface area contributed by atoms with Crippen molar-refractivity contribution in [1.82, 2.24) is 14.5 Å². The highest BCUT2D eigenvalue weighted by Gasteiger charge is 2.29. The monoisotopic (exact) mass is 195 g/mol. The maximum absolute atomic E-state index is 10.5. The summed E-state index contributed by atoms with van der Waals surface area (Å²) in [6.45, 7) is 2.30. The van der Waals surface area contributed by atoms with E-state index < -0.39 is 6.09 Å². The number of hydrogen-bond acceptors (Lipinski definition) is 2. The first kappa shape index (κ1) is 9.05. The number of imidazole rings is 1. The lowest BCUT2D eigenvalue weighted by Gasteiger charge is -2.37. The van der Waals surface area contributed by atoms with Crippen LogP contribution in [-0.4, -0.2) is 38.7 Å². The molecule has 1 aliphatic rings. The fourth-order valence-electron chi connectivity index (χ4n) is 1.66. The number of aromatic nitrogens is 2. The lowest BCUT2D eigenvalue weighted by molar-refractivity contribution is 0.0766. The van der Waals surface area contributed by atoms with Crippen LogP contribution < -0.4 is 0 Å². The van der Waals surface area contributed by atoms with Gasteiger partial charge >= 0.3 is 6.09 Å². The number of carbonyl (C=O) groups is 1. The molecule has 0 unspecified atom stereocenters. The van der Waals surface area contributed by atoms with Crippen LogP contribution in [0.5, 0.6) is 0 Å². The van der Waals surface area contributed by atoms with Crippen LogP contribution in [0.1, 0.15) is 6.42 Å². The first-order valence-corrected chi connectivity index (χ1v) is 4.69. The van der Waals surface area contributed by atoms with Crippen molar-refractivity contribution in [3.63, 3.8) is 0 Å². The van der Waals surface area contributed by atoms with Gasteiger partial charge < -0.3 is 14.6 Å². The van der Waals surface area contributed by atoms with Gasteiger partial charge in [-0.05, 0) is 12.3 Å². The van der Waals surface area contributed by atoms with Crippen LogP contribution in [0.15, 0.2) is 18.7 Å². The van der Waals surface area contributed by atoms with Crippen LogP contribution in [0.4, 0.5) is 4.79 Å². The van der Waals surface area contributed by atoms with Gasteiger partial charge in [-0.3, -0.25) is 0 Å². The molecular formula is C9H13N3O2. The minimum absolute atomic E-state index is 0.522. The summed E-state index contributed by atoms with van der Waals surface area (Å²) in [4.78, 5) is 15.9. The Labute approximate surface area is 82.0 Å². The third-order valence-corrected chi connectivity index (χ3v) is 2.58. The lowest BCUT2D eigenvalue weighted by Crippen LogP contribution is -2.49. The molecule has 0 saturated carbocycles. The summed E-state index contributed by atoms with van der Waals surface area (Å²) in [5.41, 5.74) is 0. The molecule has 0 bridgehead atoms. The number of nitrogens with zero attached hydrogens (tertiary/aromatic N) is 3. The smallest absolute Gasteiger partial charge is 0.407 e. The molecule has 0 atom stereocenters. The van der Waals surface area contributed by atoms with Crippen LogP contribution in [0.2, 0.25) is 0 Å². The molecule has 5 heteroatoms. The molecule has 1 aliphatic heterocycles. The summed E-state index contributed by atoms with van der Waals surface area (Å²) < 4.78 is 2.02. The predicted octanol–water partition coefficient (Wildman–Crippen LogP) is 0.883. The zero-order chi connectivity index (χ0) is 9.97. The van der Waals surface area contributed by atoms with Crippen molar-refractivity contribution in [1.29, 1.82) is 0 Å². The van der Waals surface area contributed by atoms with Gasteiger partial charge in [-0.2, -0.15) is 0 Å². The Morgan fingerprint density at radius 2 is 2.36 bits per heavy atom. The standard InChI is InChI=1S/C9H13N3O2/c13-9(14)12-5-8(6-12)1-3-11-4-2-10-7-11/h2,4,7-8H,1,3,5-6H2,(H,13,14). The third-order valence-electron chi connectivity index (χ3n) is 2.58. The van der Waals surface area contributed by atoms with Gasteiger partial charge in [-0.25, -0.2) is 9.78 Å². The Morgan fingerprint density at radius 3 is 2.93 bits per heavy atom. The Morgan fingerprint density at radius 1 is 1.57 bits per heavy atom. The fraction of sp³-hybridized carbons (Fsp3) is 0.556. The molecular weight excluding hydrogens is 182 g/mol. The summed E-state index contributed by atoms with van der Waals surface area (Å²) in [5.74, 6) is 0.522. The number of hydrogen-bond donors (Lipinski definition) is 1. The van der Waals surface area contributed by atoms with Crippen LogP contribution >= 0.6 is 0 Å². The van der Waals surface area contributed by atoms with Gasteiger partial charge in [-0.1, -0.05) is 0 Å². The average Bonchev–Trinajstić information content (AvgIpc) is 2.52. The third kappa shape index (κ3) is 1.86. The second-order valence-electron chi connectivity index (χ2n) is 3.64. The predicted molar refractivity (Wildman–Crippen MR) is 49.9 cm³/mol. The summed E-state index contributed by atoms with van der Waals surface area (Å²) in [7, 11) is 0. The number of amides is 1. The maximum Gasteiger partial charge on any atom is 0.407 e. The Kier molecular flexibility index (Phi) is 2.39. The minimum atomic E-state index is -0.802. The molecule has 1 fully saturated rings. The summed E-state index contributed by atoms with van der Waals surface area (Å²) in [6.07, 6.45) is 5.69. The summed E-state index contributed by atoms with van der Waals surface area (Å²) in [6, 6.07) is 0. The molecule has 1 amide bonds. The van der Waals surface area contributed by atoms with Crippen molar-refractivity contribution < 1.29 is 9.90 Å². The first-order valence-electron chi connectivity index (χ1n) is 4.69. The molecule has 5 nitrogen and oxygen atoms in total. The second kappa shape index (κ2) is 3.69. The normalized spacial score (nSPS) is 16.7. The number of carboxylic acid groups (broad SMARTS) is 1. The molecule has 0 radical (unpaired) electrons. The largest absolute Gasteiger partial charge is 0.465 e. The van der Waals surface area contributed by atoms with Crippen LogP contribution in [0.25, 0.3) is 0 Å². The van der Waals surface area contributed by atoms with Gasteiger partial charge in [0.2, 0.25) is 0 Å². The van der Waals surface area contributed by atoms with E-state index in [2.05, 4.69) is 4.98 Å². The lowest BCUT2D eigenvalue weighted by atomic mass is 9.97. The zero-order valence-electron chi connectivity index (χ0n) is 7.83. The maximum atomic E-state index is 10.5.